The molecule has 3 aromatic rings. The number of H-pyrrole nitrogens is 1. The number of hydrogen-bond donors (Lipinski definition) is 2. The van der Waals surface area contributed by atoms with Crippen molar-refractivity contribution in [2.45, 2.75) is 6.92 Å². The Kier molecular flexibility index (Phi) is 3.55. The van der Waals surface area contributed by atoms with Gasteiger partial charge < -0.3 is 4.74 Å². The Morgan fingerprint density at radius 2 is 2.48 bits per heavy atom. The lowest BCUT2D eigenvalue weighted by Crippen LogP contribution is -2.14. The fourth-order valence-corrected chi connectivity index (χ4v) is 2.36. The largest absolute Gasteiger partial charge is 0.463 e. The zero-order chi connectivity index (χ0) is 14.7. The number of nitrogens with zero attached hydrogens (tertiary/aromatic N) is 6. The van der Waals surface area contributed by atoms with Gasteiger partial charge in [-0.3, -0.25) is 10.1 Å². The zero-order valence-corrected chi connectivity index (χ0v) is 11.7. The van der Waals surface area contributed by atoms with Crippen LogP contribution >= 0.6 is 11.3 Å². The van der Waals surface area contributed by atoms with Crippen molar-refractivity contribution in [2.75, 3.05) is 11.9 Å². The Morgan fingerprint density at radius 3 is 3.24 bits per heavy atom. The molecular formula is C10H10N8O2S. The zero-order valence-electron chi connectivity index (χ0n) is 10.8. The van der Waals surface area contributed by atoms with Crippen LogP contribution < -0.4 is 10.1 Å². The predicted octanol–water partition coefficient (Wildman–Crippen LogP) is 0.493. The summed E-state index contributed by atoms with van der Waals surface area (Å²) in [5, 5.41) is 21.6. The fourth-order valence-electron chi connectivity index (χ4n) is 1.58. The topological polar surface area (TPSA) is 124 Å². The molecule has 0 atom stereocenters. The molecule has 0 unspecified atom stereocenters. The summed E-state index contributed by atoms with van der Waals surface area (Å²) in [6.45, 7) is 2.26. The van der Waals surface area contributed by atoms with Crippen molar-refractivity contribution in [1.82, 2.24) is 35.4 Å². The van der Waals surface area contributed by atoms with Crippen molar-refractivity contribution < 1.29 is 9.53 Å². The molecule has 0 aliphatic rings. The van der Waals surface area contributed by atoms with Crippen molar-refractivity contribution in [2.24, 2.45) is 0 Å². The summed E-state index contributed by atoms with van der Waals surface area (Å²) in [6.07, 6.45) is 1.42. The molecule has 0 saturated heterocycles. The molecule has 0 saturated carbocycles. The highest BCUT2D eigenvalue weighted by atomic mass is 32.1. The molecule has 3 heterocycles. The molecule has 0 aliphatic heterocycles. The Bertz CT molecular complexity index is 734. The van der Waals surface area contributed by atoms with Gasteiger partial charge in [-0.15, -0.1) is 21.5 Å². The van der Waals surface area contributed by atoms with Gasteiger partial charge in [-0.1, -0.05) is 0 Å². The van der Waals surface area contributed by atoms with Gasteiger partial charge in [-0.25, -0.2) is 5.10 Å². The van der Waals surface area contributed by atoms with E-state index in [1.165, 1.54) is 22.3 Å². The van der Waals surface area contributed by atoms with Crippen LogP contribution in [0.3, 0.4) is 0 Å². The number of ether oxygens (including phenoxy) is 1. The van der Waals surface area contributed by atoms with E-state index in [2.05, 4.69) is 36.0 Å². The first-order chi connectivity index (χ1) is 10.3. The summed E-state index contributed by atoms with van der Waals surface area (Å²) in [7, 11) is 0. The quantitative estimate of drug-likeness (QED) is 0.703. The molecule has 10 nitrogen and oxygen atoms in total. The van der Waals surface area contributed by atoms with Crippen LogP contribution in [-0.2, 0) is 0 Å². The minimum absolute atomic E-state index is 0.180. The molecule has 0 spiro atoms. The molecule has 0 radical (unpaired) electrons. The Hall–Kier alpha value is -2.82. The van der Waals surface area contributed by atoms with Gasteiger partial charge >= 0.3 is 6.01 Å². The number of thiophene rings is 1. The number of aromatic nitrogens is 7. The Balaban J connectivity index is 1.78. The maximum absolute atomic E-state index is 12.2. The van der Waals surface area contributed by atoms with Gasteiger partial charge in [-0.2, -0.15) is 9.67 Å². The minimum atomic E-state index is -0.338. The van der Waals surface area contributed by atoms with E-state index in [4.69, 9.17) is 4.74 Å². The number of hydrogen-bond acceptors (Lipinski definition) is 8. The first kappa shape index (κ1) is 13.2. The van der Waals surface area contributed by atoms with Gasteiger partial charge in [0.25, 0.3) is 5.91 Å². The number of amides is 1. The molecular weight excluding hydrogens is 296 g/mol. The van der Waals surface area contributed by atoms with Crippen LogP contribution in [0.2, 0.25) is 0 Å². The average Bonchev–Trinajstić information content (AvgIpc) is 3.20. The predicted molar refractivity (Wildman–Crippen MR) is 72.5 cm³/mol. The molecule has 108 valence electrons. The maximum Gasteiger partial charge on any atom is 0.337 e. The summed E-state index contributed by atoms with van der Waals surface area (Å²) in [5.41, 5.74) is 0.590. The van der Waals surface area contributed by atoms with E-state index in [-0.39, 0.29) is 17.9 Å². The molecule has 3 aromatic heterocycles. The van der Waals surface area contributed by atoms with E-state index in [9.17, 15) is 4.79 Å². The lowest BCUT2D eigenvalue weighted by Gasteiger charge is -2.02. The third-order valence-electron chi connectivity index (χ3n) is 2.42. The molecule has 3 rings (SSSR count). The smallest absolute Gasteiger partial charge is 0.337 e. The maximum atomic E-state index is 12.2. The van der Waals surface area contributed by atoms with Crippen LogP contribution in [-0.4, -0.2) is 47.9 Å². The molecule has 2 N–H and O–H groups in total. The summed E-state index contributed by atoms with van der Waals surface area (Å²) < 4.78 is 6.52. The van der Waals surface area contributed by atoms with Crippen LogP contribution in [0.1, 0.15) is 16.6 Å². The highest BCUT2D eigenvalue weighted by Crippen LogP contribution is 2.21. The number of rotatable bonds is 5. The third kappa shape index (κ3) is 2.72. The minimum Gasteiger partial charge on any atom is -0.463 e. The number of carbonyl (C=O) groups excluding carboxylic acids is 1. The van der Waals surface area contributed by atoms with Gasteiger partial charge in [0.15, 0.2) is 0 Å². The first-order valence-electron chi connectivity index (χ1n) is 5.95. The Morgan fingerprint density at radius 1 is 1.57 bits per heavy atom. The molecule has 21 heavy (non-hydrogen) atoms. The van der Waals surface area contributed by atoms with Crippen LogP contribution in [0.5, 0.6) is 6.01 Å². The van der Waals surface area contributed by atoms with Gasteiger partial charge in [0.05, 0.1) is 12.3 Å². The van der Waals surface area contributed by atoms with Gasteiger partial charge in [0, 0.05) is 0 Å². The summed E-state index contributed by atoms with van der Waals surface area (Å²) in [4.78, 5) is 16.7. The lowest BCUT2D eigenvalue weighted by atomic mass is 10.4. The Labute approximate surface area is 122 Å². The summed E-state index contributed by atoms with van der Waals surface area (Å²) in [6, 6.07) is 1.93. The normalized spacial score (nSPS) is 10.5. The summed E-state index contributed by atoms with van der Waals surface area (Å²) >= 11 is 1.27. The van der Waals surface area contributed by atoms with E-state index in [1.54, 1.807) is 11.4 Å². The highest BCUT2D eigenvalue weighted by Gasteiger charge is 2.17. The van der Waals surface area contributed by atoms with E-state index >= 15 is 0 Å². The van der Waals surface area contributed by atoms with Crippen molar-refractivity contribution in [3.63, 3.8) is 0 Å². The number of aromatic amines is 1. The number of carbonyl (C=O) groups is 1. The standard InChI is InChI=1S/C10H10N8O2S/c1-2-20-10-13-9(14-15-10)12-8(19)7-6(3-4-21-7)18-5-11-16-17-18/h3-5H,2H2,1H3,(H2,12,13,14,15,19). The van der Waals surface area contributed by atoms with Gasteiger partial charge in [-0.05, 0) is 28.8 Å². The molecule has 11 heteroatoms. The molecule has 1 amide bonds. The number of anilines is 1. The van der Waals surface area contributed by atoms with Crippen molar-refractivity contribution in [3.05, 3.63) is 22.7 Å². The van der Waals surface area contributed by atoms with E-state index in [0.29, 0.717) is 17.2 Å². The average molecular weight is 306 g/mol. The second-order valence-corrected chi connectivity index (χ2v) is 4.66. The van der Waals surface area contributed by atoms with Crippen molar-refractivity contribution >= 4 is 23.2 Å². The third-order valence-corrected chi connectivity index (χ3v) is 3.32. The molecule has 0 aliphatic carbocycles. The second kappa shape index (κ2) is 5.66. The van der Waals surface area contributed by atoms with E-state index in [1.807, 2.05) is 6.92 Å². The fraction of sp³-hybridized carbons (Fsp3) is 0.200. The summed E-state index contributed by atoms with van der Waals surface area (Å²) in [5.74, 6) is -0.130. The highest BCUT2D eigenvalue weighted by molar-refractivity contribution is 7.12. The van der Waals surface area contributed by atoms with E-state index in [0.717, 1.165) is 0 Å². The molecule has 0 bridgehead atoms. The second-order valence-electron chi connectivity index (χ2n) is 3.74. The van der Waals surface area contributed by atoms with Gasteiger partial charge in [0.1, 0.15) is 11.2 Å². The number of tetrazole rings is 1. The monoisotopic (exact) mass is 306 g/mol. The van der Waals surface area contributed by atoms with Crippen LogP contribution in [0.4, 0.5) is 5.95 Å². The van der Waals surface area contributed by atoms with E-state index < -0.39 is 0 Å². The number of nitrogens with one attached hydrogen (secondary N) is 2. The van der Waals surface area contributed by atoms with Crippen LogP contribution in [0.25, 0.3) is 5.69 Å². The first-order valence-corrected chi connectivity index (χ1v) is 6.83. The van der Waals surface area contributed by atoms with Crippen LogP contribution in [0.15, 0.2) is 17.8 Å². The van der Waals surface area contributed by atoms with Gasteiger partial charge in [0.2, 0.25) is 5.95 Å². The van der Waals surface area contributed by atoms with Crippen LogP contribution in [0, 0.1) is 0 Å². The van der Waals surface area contributed by atoms with Crippen molar-refractivity contribution in [3.8, 4) is 11.7 Å². The SMILES string of the molecule is CCOc1n[nH]c(NC(=O)c2sccc2-n2cnnn2)n1. The molecule has 0 aromatic carbocycles. The van der Waals surface area contributed by atoms with Crippen molar-refractivity contribution in [1.29, 1.82) is 0 Å². The molecule has 0 fully saturated rings. The lowest BCUT2D eigenvalue weighted by molar-refractivity contribution is 0.102.